The van der Waals surface area contributed by atoms with E-state index >= 15 is 0 Å². The van der Waals surface area contributed by atoms with Gasteiger partial charge in [-0.2, -0.15) is 0 Å². The maximum Gasteiger partial charge on any atom is 0.410 e. The fourth-order valence-electron chi connectivity index (χ4n) is 2.82. The van der Waals surface area contributed by atoms with Gasteiger partial charge in [-0.25, -0.2) is 4.79 Å². The molecule has 0 saturated carbocycles. The van der Waals surface area contributed by atoms with Crippen molar-refractivity contribution in [3.05, 3.63) is 33.8 Å². The van der Waals surface area contributed by atoms with Gasteiger partial charge in [0.2, 0.25) is 0 Å². The van der Waals surface area contributed by atoms with Gasteiger partial charge >= 0.3 is 6.09 Å². The number of halogens is 2. The molecule has 1 amide bonds. The molecule has 0 bridgehead atoms. The average molecular weight is 373 g/mol. The van der Waals surface area contributed by atoms with E-state index in [0.29, 0.717) is 10.0 Å². The Labute approximate surface area is 154 Å². The third-order valence-corrected chi connectivity index (χ3v) is 4.85. The maximum absolute atomic E-state index is 12.3. The first kappa shape index (κ1) is 19.4. The molecule has 2 rings (SSSR count). The molecule has 1 aromatic rings. The van der Waals surface area contributed by atoms with E-state index in [4.69, 9.17) is 27.9 Å². The van der Waals surface area contributed by atoms with Gasteiger partial charge in [-0.1, -0.05) is 29.3 Å². The number of nitrogens with zero attached hydrogens (tertiary/aromatic N) is 1. The van der Waals surface area contributed by atoms with Gasteiger partial charge in [-0.15, -0.1) is 0 Å². The number of amides is 1. The predicted molar refractivity (Wildman–Crippen MR) is 98.8 cm³/mol. The number of hydrogen-bond donors (Lipinski definition) is 1. The van der Waals surface area contributed by atoms with E-state index in [9.17, 15) is 4.79 Å². The molecule has 1 fully saturated rings. The van der Waals surface area contributed by atoms with Crippen LogP contribution in [0.25, 0.3) is 0 Å². The van der Waals surface area contributed by atoms with Gasteiger partial charge in [0.05, 0.1) is 10.0 Å². The predicted octanol–water partition coefficient (Wildman–Crippen LogP) is 5.04. The second-order valence-electron chi connectivity index (χ2n) is 7.27. The number of carbonyl (C=O) groups is 1. The third kappa shape index (κ3) is 5.27. The first-order valence-corrected chi connectivity index (χ1v) is 9.11. The molecular formula is C18H26Cl2N2O2. The highest BCUT2D eigenvalue weighted by Crippen LogP contribution is 2.26. The molecule has 0 radical (unpaired) electrons. The van der Waals surface area contributed by atoms with Crippen molar-refractivity contribution >= 4 is 29.3 Å². The Balaban J connectivity index is 1.92. The molecule has 1 N–H and O–H groups in total. The van der Waals surface area contributed by atoms with Crippen molar-refractivity contribution in [3.63, 3.8) is 0 Å². The third-order valence-electron chi connectivity index (χ3n) is 4.11. The number of hydrogen-bond acceptors (Lipinski definition) is 3. The van der Waals surface area contributed by atoms with Gasteiger partial charge in [-0.05, 0) is 58.2 Å². The molecule has 0 aromatic heterocycles. The van der Waals surface area contributed by atoms with Crippen LogP contribution >= 0.6 is 23.2 Å². The van der Waals surface area contributed by atoms with Crippen molar-refractivity contribution in [2.45, 2.75) is 58.2 Å². The minimum atomic E-state index is -0.467. The highest BCUT2D eigenvalue weighted by molar-refractivity contribution is 6.42. The van der Waals surface area contributed by atoms with Gasteiger partial charge in [0.25, 0.3) is 0 Å². The molecule has 0 aliphatic carbocycles. The molecule has 134 valence electrons. The lowest BCUT2D eigenvalue weighted by molar-refractivity contribution is 0.0225. The van der Waals surface area contributed by atoms with Crippen molar-refractivity contribution in [1.82, 2.24) is 10.2 Å². The van der Waals surface area contributed by atoms with Crippen molar-refractivity contribution in [2.75, 3.05) is 13.1 Å². The summed E-state index contributed by atoms with van der Waals surface area (Å²) in [5, 5.41) is 4.59. The topological polar surface area (TPSA) is 41.6 Å². The van der Waals surface area contributed by atoms with E-state index < -0.39 is 5.60 Å². The van der Waals surface area contributed by atoms with Crippen molar-refractivity contribution < 1.29 is 9.53 Å². The lowest BCUT2D eigenvalue weighted by atomic mass is 10.1. The van der Waals surface area contributed by atoms with Crippen LogP contribution in [0.3, 0.4) is 0 Å². The molecule has 1 aliphatic heterocycles. The minimum Gasteiger partial charge on any atom is -0.444 e. The van der Waals surface area contributed by atoms with Crippen LogP contribution in [0.2, 0.25) is 10.0 Å². The van der Waals surface area contributed by atoms with Crippen molar-refractivity contribution in [2.24, 2.45) is 0 Å². The van der Waals surface area contributed by atoms with Crippen LogP contribution < -0.4 is 5.32 Å². The summed E-state index contributed by atoms with van der Waals surface area (Å²) < 4.78 is 5.50. The summed E-state index contributed by atoms with van der Waals surface area (Å²) in [5.41, 5.74) is 0.608. The van der Waals surface area contributed by atoms with Crippen molar-refractivity contribution in [3.8, 4) is 0 Å². The molecule has 2 unspecified atom stereocenters. The zero-order chi connectivity index (χ0) is 17.9. The zero-order valence-electron chi connectivity index (χ0n) is 14.7. The Morgan fingerprint density at radius 2 is 2.08 bits per heavy atom. The summed E-state index contributed by atoms with van der Waals surface area (Å²) in [6.07, 6.45) is 1.77. The number of nitrogens with one attached hydrogen (secondary N) is 1. The lowest BCUT2D eigenvalue weighted by Gasteiger charge is -2.29. The first-order valence-electron chi connectivity index (χ1n) is 8.35. The molecule has 1 aromatic carbocycles. The normalized spacial score (nSPS) is 19.4. The Bertz CT molecular complexity index is 587. The van der Waals surface area contributed by atoms with Gasteiger partial charge in [0.1, 0.15) is 5.60 Å². The summed E-state index contributed by atoms with van der Waals surface area (Å²) in [6, 6.07) is 5.93. The highest BCUT2D eigenvalue weighted by Gasteiger charge is 2.32. The summed E-state index contributed by atoms with van der Waals surface area (Å²) in [5.74, 6) is 0. The number of carbonyl (C=O) groups excluding carboxylic acids is 1. The van der Waals surface area contributed by atoms with Crippen LogP contribution in [0.15, 0.2) is 18.2 Å². The maximum atomic E-state index is 12.3. The monoisotopic (exact) mass is 372 g/mol. The molecule has 1 heterocycles. The number of benzene rings is 1. The molecule has 6 heteroatoms. The van der Waals surface area contributed by atoms with E-state index in [1.165, 1.54) is 0 Å². The van der Waals surface area contributed by atoms with E-state index in [0.717, 1.165) is 31.5 Å². The number of rotatable bonds is 4. The largest absolute Gasteiger partial charge is 0.444 e. The number of ether oxygens (including phenoxy) is 1. The van der Waals surface area contributed by atoms with E-state index in [-0.39, 0.29) is 18.2 Å². The first-order chi connectivity index (χ1) is 11.2. The van der Waals surface area contributed by atoms with Gasteiger partial charge < -0.3 is 15.0 Å². The molecular weight excluding hydrogens is 347 g/mol. The fourth-order valence-corrected chi connectivity index (χ4v) is 3.13. The Hall–Kier alpha value is -0.970. The minimum absolute atomic E-state index is 0.126. The van der Waals surface area contributed by atoms with Crippen molar-refractivity contribution in [1.29, 1.82) is 0 Å². The van der Waals surface area contributed by atoms with Gasteiger partial charge in [0.15, 0.2) is 0 Å². The van der Waals surface area contributed by atoms with Crippen LogP contribution in [0.4, 0.5) is 4.79 Å². The molecule has 24 heavy (non-hydrogen) atoms. The standard InChI is InChI=1S/C18H26Cl2N2O2/c1-12(13-7-8-15(19)16(20)10-13)21-11-14-6-5-9-22(14)17(23)24-18(2,3)4/h7-8,10,12,14,21H,5-6,9,11H2,1-4H3. The van der Waals surface area contributed by atoms with E-state index in [1.54, 1.807) is 6.07 Å². The summed E-state index contributed by atoms with van der Waals surface area (Å²) in [6.45, 7) is 9.22. The quantitative estimate of drug-likeness (QED) is 0.804. The second-order valence-corrected chi connectivity index (χ2v) is 8.09. The van der Waals surface area contributed by atoms with Gasteiger partial charge in [-0.3, -0.25) is 0 Å². The van der Waals surface area contributed by atoms with Crippen LogP contribution in [0, 0.1) is 0 Å². The van der Waals surface area contributed by atoms with E-state index in [2.05, 4.69) is 12.2 Å². The lowest BCUT2D eigenvalue weighted by Crippen LogP contribution is -2.44. The zero-order valence-corrected chi connectivity index (χ0v) is 16.2. The van der Waals surface area contributed by atoms with Crippen LogP contribution in [-0.2, 0) is 4.74 Å². The summed E-state index contributed by atoms with van der Waals surface area (Å²) in [4.78, 5) is 14.1. The summed E-state index contributed by atoms with van der Waals surface area (Å²) >= 11 is 12.0. The molecule has 1 saturated heterocycles. The molecule has 2 atom stereocenters. The molecule has 4 nitrogen and oxygen atoms in total. The Kier molecular flexibility index (Phi) is 6.40. The second kappa shape index (κ2) is 7.94. The summed E-state index contributed by atoms with van der Waals surface area (Å²) in [7, 11) is 0. The van der Waals surface area contributed by atoms with Crippen LogP contribution in [-0.4, -0.2) is 35.7 Å². The average Bonchev–Trinajstić information content (AvgIpc) is 2.94. The van der Waals surface area contributed by atoms with E-state index in [1.807, 2.05) is 37.8 Å². The van der Waals surface area contributed by atoms with Gasteiger partial charge in [0, 0.05) is 25.2 Å². The molecule has 0 spiro atoms. The number of likely N-dealkylation sites (tertiary alicyclic amines) is 1. The fraction of sp³-hybridized carbons (Fsp3) is 0.611. The Morgan fingerprint density at radius 3 is 2.71 bits per heavy atom. The highest BCUT2D eigenvalue weighted by atomic mass is 35.5. The SMILES string of the molecule is CC(NCC1CCCN1C(=O)OC(C)(C)C)c1ccc(Cl)c(Cl)c1. The van der Waals surface area contributed by atoms with Crippen LogP contribution in [0.1, 0.15) is 52.1 Å². The smallest absolute Gasteiger partial charge is 0.410 e. The van der Waals surface area contributed by atoms with Crippen LogP contribution in [0.5, 0.6) is 0 Å². The molecule has 1 aliphatic rings. The Morgan fingerprint density at radius 1 is 1.38 bits per heavy atom.